The van der Waals surface area contributed by atoms with E-state index in [0.717, 1.165) is 33.9 Å². The maximum Gasteiger partial charge on any atom is 0.127 e. The Hall–Kier alpha value is -2.69. The average molecular weight is 312 g/mol. The molecule has 1 aliphatic rings. The Morgan fingerprint density at radius 3 is 2.70 bits per heavy atom. The number of benzene rings is 2. The van der Waals surface area contributed by atoms with Gasteiger partial charge in [-0.3, -0.25) is 0 Å². The zero-order valence-electron chi connectivity index (χ0n) is 13.5. The molecule has 0 aliphatic carbocycles. The minimum absolute atomic E-state index is 0.00534. The first kappa shape index (κ1) is 15.2. The van der Waals surface area contributed by atoms with Crippen LogP contribution in [0.4, 0.5) is 0 Å². The molecule has 5 nitrogen and oxygen atoms in total. The number of aromatic hydroxyl groups is 1. The Labute approximate surface area is 135 Å². The van der Waals surface area contributed by atoms with E-state index in [4.69, 9.17) is 9.47 Å². The maximum atomic E-state index is 10.1. The van der Waals surface area contributed by atoms with Crippen LogP contribution in [0, 0.1) is 6.92 Å². The molecule has 1 heterocycles. The molecule has 2 aromatic rings. The van der Waals surface area contributed by atoms with Crippen LogP contribution < -0.4 is 14.9 Å². The van der Waals surface area contributed by atoms with Gasteiger partial charge in [-0.1, -0.05) is 11.6 Å². The van der Waals surface area contributed by atoms with Gasteiger partial charge < -0.3 is 20.0 Å². The first-order valence-electron chi connectivity index (χ1n) is 7.46. The first-order chi connectivity index (χ1) is 11.1. The van der Waals surface area contributed by atoms with Crippen molar-refractivity contribution in [1.29, 1.82) is 0 Å². The van der Waals surface area contributed by atoms with Crippen molar-refractivity contribution in [3.8, 4) is 17.2 Å². The summed E-state index contributed by atoms with van der Waals surface area (Å²) in [5.41, 5.74) is 6.85. The van der Waals surface area contributed by atoms with Gasteiger partial charge in [0.1, 0.15) is 17.2 Å². The zero-order chi connectivity index (χ0) is 16.4. The van der Waals surface area contributed by atoms with Crippen LogP contribution in [0.1, 0.15) is 29.2 Å². The van der Waals surface area contributed by atoms with E-state index in [-0.39, 0.29) is 11.8 Å². The Balaban J connectivity index is 1.86. The molecule has 0 saturated carbocycles. The van der Waals surface area contributed by atoms with Gasteiger partial charge in [0.25, 0.3) is 0 Å². The number of hydrogen-bond donors (Lipinski definition) is 2. The summed E-state index contributed by atoms with van der Waals surface area (Å²) < 4.78 is 10.7. The normalized spacial score (nSPS) is 16.7. The minimum Gasteiger partial charge on any atom is -0.507 e. The van der Waals surface area contributed by atoms with Gasteiger partial charge in [0.2, 0.25) is 0 Å². The molecule has 0 saturated heterocycles. The highest BCUT2D eigenvalue weighted by atomic mass is 16.5. The molecule has 2 aromatic carbocycles. The summed E-state index contributed by atoms with van der Waals surface area (Å²) >= 11 is 0. The highest BCUT2D eigenvalue weighted by Crippen LogP contribution is 2.35. The van der Waals surface area contributed by atoms with E-state index in [0.29, 0.717) is 6.42 Å². The number of hydrazone groups is 1. The van der Waals surface area contributed by atoms with Crippen molar-refractivity contribution in [3.63, 3.8) is 0 Å². The second-order valence-corrected chi connectivity index (χ2v) is 5.57. The fourth-order valence-electron chi connectivity index (χ4n) is 2.78. The summed E-state index contributed by atoms with van der Waals surface area (Å²) in [6.07, 6.45) is 0.680. The summed E-state index contributed by atoms with van der Waals surface area (Å²) in [4.78, 5) is 0. The van der Waals surface area contributed by atoms with E-state index in [2.05, 4.69) is 10.5 Å². The Morgan fingerprint density at radius 2 is 1.96 bits per heavy atom. The van der Waals surface area contributed by atoms with Gasteiger partial charge in [-0.05, 0) is 31.2 Å². The standard InChI is InChI=1S/C18H20N2O3/c1-11-4-7-17(21)14(8-11)16-10-15(19-20-16)13-6-5-12(22-2)9-18(13)23-3/h4-9,15,19,21H,10H2,1-3H3. The molecule has 1 atom stereocenters. The summed E-state index contributed by atoms with van der Waals surface area (Å²) in [7, 11) is 3.27. The lowest BCUT2D eigenvalue weighted by atomic mass is 9.97. The molecule has 5 heteroatoms. The van der Waals surface area contributed by atoms with Gasteiger partial charge in [-0.25, -0.2) is 0 Å². The molecular weight excluding hydrogens is 292 g/mol. The topological polar surface area (TPSA) is 63.1 Å². The zero-order valence-corrected chi connectivity index (χ0v) is 13.5. The van der Waals surface area contributed by atoms with Crippen LogP contribution in [0.3, 0.4) is 0 Å². The van der Waals surface area contributed by atoms with Gasteiger partial charge in [0.05, 0.1) is 26.0 Å². The molecule has 0 spiro atoms. The number of hydrogen-bond acceptors (Lipinski definition) is 5. The average Bonchev–Trinajstić information content (AvgIpc) is 3.06. The van der Waals surface area contributed by atoms with Gasteiger partial charge in [0.15, 0.2) is 0 Å². The summed E-state index contributed by atoms with van der Waals surface area (Å²) in [6.45, 7) is 2.00. The number of nitrogens with one attached hydrogen (secondary N) is 1. The molecule has 1 unspecified atom stereocenters. The third kappa shape index (κ3) is 2.95. The lowest BCUT2D eigenvalue weighted by Gasteiger charge is -2.15. The number of methoxy groups -OCH3 is 2. The van der Waals surface area contributed by atoms with Gasteiger partial charge in [-0.15, -0.1) is 0 Å². The Bertz CT molecular complexity index is 756. The van der Waals surface area contributed by atoms with Crippen molar-refractivity contribution in [1.82, 2.24) is 5.43 Å². The van der Waals surface area contributed by atoms with E-state index >= 15 is 0 Å². The molecule has 3 rings (SSSR count). The van der Waals surface area contributed by atoms with Gasteiger partial charge >= 0.3 is 0 Å². The summed E-state index contributed by atoms with van der Waals surface area (Å²) in [6, 6.07) is 11.3. The van der Waals surface area contributed by atoms with Crippen molar-refractivity contribution in [2.24, 2.45) is 5.10 Å². The molecule has 0 radical (unpaired) electrons. The van der Waals surface area contributed by atoms with Gasteiger partial charge in [-0.2, -0.15) is 5.10 Å². The third-order valence-electron chi connectivity index (χ3n) is 4.03. The van der Waals surface area contributed by atoms with Crippen LogP contribution in [-0.4, -0.2) is 25.0 Å². The Morgan fingerprint density at radius 1 is 1.13 bits per heavy atom. The molecule has 0 amide bonds. The lowest BCUT2D eigenvalue weighted by Crippen LogP contribution is -2.11. The second-order valence-electron chi connectivity index (χ2n) is 5.57. The van der Waals surface area contributed by atoms with Crippen LogP contribution in [0.25, 0.3) is 0 Å². The molecule has 0 fully saturated rings. The summed E-state index contributed by atoms with van der Waals surface area (Å²) in [5, 5.41) is 14.5. The maximum absolute atomic E-state index is 10.1. The number of rotatable bonds is 4. The molecule has 2 N–H and O–H groups in total. The van der Waals surface area contributed by atoms with Crippen molar-refractivity contribution < 1.29 is 14.6 Å². The third-order valence-corrected chi connectivity index (χ3v) is 4.03. The number of aryl methyl sites for hydroxylation is 1. The van der Waals surface area contributed by atoms with E-state index < -0.39 is 0 Å². The van der Waals surface area contributed by atoms with Crippen LogP contribution >= 0.6 is 0 Å². The SMILES string of the molecule is COc1ccc(C2CC(c3cc(C)ccc3O)=NN2)c(OC)c1. The fourth-order valence-corrected chi connectivity index (χ4v) is 2.78. The highest BCUT2D eigenvalue weighted by molar-refractivity contribution is 6.04. The number of phenolic OH excluding ortho intramolecular Hbond substituents is 1. The largest absolute Gasteiger partial charge is 0.507 e. The number of phenols is 1. The van der Waals surface area contributed by atoms with Gasteiger partial charge in [0, 0.05) is 23.6 Å². The summed E-state index contributed by atoms with van der Waals surface area (Å²) in [5.74, 6) is 1.76. The molecule has 0 aromatic heterocycles. The van der Waals surface area contributed by atoms with Crippen molar-refractivity contribution >= 4 is 5.71 Å². The first-order valence-corrected chi connectivity index (χ1v) is 7.46. The van der Waals surface area contributed by atoms with E-state index in [1.54, 1.807) is 20.3 Å². The van der Waals surface area contributed by atoms with Crippen molar-refractivity contribution in [2.45, 2.75) is 19.4 Å². The quantitative estimate of drug-likeness (QED) is 0.910. The predicted octanol–water partition coefficient (Wildman–Crippen LogP) is 3.16. The Kier molecular flexibility index (Phi) is 4.10. The molecule has 120 valence electrons. The van der Waals surface area contributed by atoms with E-state index in [9.17, 15) is 5.11 Å². The number of ether oxygens (including phenoxy) is 2. The fraction of sp³-hybridized carbons (Fsp3) is 0.278. The van der Waals surface area contributed by atoms with Crippen LogP contribution in [0.2, 0.25) is 0 Å². The molecular formula is C18H20N2O3. The molecule has 0 bridgehead atoms. The van der Waals surface area contributed by atoms with Crippen LogP contribution in [0.15, 0.2) is 41.5 Å². The molecule has 23 heavy (non-hydrogen) atoms. The highest BCUT2D eigenvalue weighted by Gasteiger charge is 2.25. The van der Waals surface area contributed by atoms with Crippen molar-refractivity contribution in [3.05, 3.63) is 53.1 Å². The van der Waals surface area contributed by atoms with Crippen LogP contribution in [0.5, 0.6) is 17.2 Å². The lowest BCUT2D eigenvalue weighted by molar-refractivity contribution is 0.386. The second kappa shape index (κ2) is 6.20. The minimum atomic E-state index is 0.00534. The predicted molar refractivity (Wildman–Crippen MR) is 89.4 cm³/mol. The van der Waals surface area contributed by atoms with E-state index in [1.807, 2.05) is 37.3 Å². The van der Waals surface area contributed by atoms with E-state index in [1.165, 1.54) is 0 Å². The number of nitrogens with zero attached hydrogens (tertiary/aromatic N) is 1. The van der Waals surface area contributed by atoms with Crippen molar-refractivity contribution in [2.75, 3.05) is 14.2 Å². The molecule has 1 aliphatic heterocycles. The monoisotopic (exact) mass is 312 g/mol. The smallest absolute Gasteiger partial charge is 0.127 e. The van der Waals surface area contributed by atoms with Crippen LogP contribution in [-0.2, 0) is 0 Å².